The molecule has 0 spiro atoms. The second-order valence-corrected chi connectivity index (χ2v) is 2.51. The molecule has 1 nitrogen and oxygen atoms in total. The van der Waals surface area contributed by atoms with Gasteiger partial charge in [0.15, 0.2) is 0 Å². The predicted molar refractivity (Wildman–Crippen MR) is 47.2 cm³/mol. The number of hydrogen-bond donors (Lipinski definition) is 1. The standard InChI is InChI=1S/C10H12O/c1-3-9-6-4-5-7-10(9)8(2)11/h3-8,11H,1H2,2H3/t8-/m1/s1. The number of aliphatic hydroxyl groups excluding tert-OH is 1. The minimum atomic E-state index is -0.413. The third kappa shape index (κ3) is 1.69. The number of benzene rings is 1. The molecule has 0 bridgehead atoms. The summed E-state index contributed by atoms with van der Waals surface area (Å²) < 4.78 is 0. The molecule has 1 aromatic carbocycles. The average Bonchev–Trinajstić information content (AvgIpc) is 2.04. The fourth-order valence-electron chi connectivity index (χ4n) is 1.08. The highest BCUT2D eigenvalue weighted by Gasteiger charge is 2.02. The quantitative estimate of drug-likeness (QED) is 0.682. The van der Waals surface area contributed by atoms with Gasteiger partial charge in [-0.1, -0.05) is 36.9 Å². The monoisotopic (exact) mass is 148 g/mol. The molecule has 0 saturated carbocycles. The molecule has 11 heavy (non-hydrogen) atoms. The summed E-state index contributed by atoms with van der Waals surface area (Å²) in [6.07, 6.45) is 1.34. The van der Waals surface area contributed by atoms with Crippen molar-refractivity contribution in [1.82, 2.24) is 0 Å². The van der Waals surface area contributed by atoms with Gasteiger partial charge in [0.25, 0.3) is 0 Å². The smallest absolute Gasteiger partial charge is 0.0767 e. The molecule has 0 aliphatic carbocycles. The van der Waals surface area contributed by atoms with Crippen LogP contribution in [0.15, 0.2) is 30.8 Å². The largest absolute Gasteiger partial charge is 0.389 e. The normalized spacial score (nSPS) is 12.5. The lowest BCUT2D eigenvalue weighted by atomic mass is 10.0. The van der Waals surface area contributed by atoms with Crippen LogP contribution in [0.1, 0.15) is 24.2 Å². The van der Waals surface area contributed by atoms with Gasteiger partial charge in [-0.15, -0.1) is 0 Å². The van der Waals surface area contributed by atoms with Crippen LogP contribution in [-0.4, -0.2) is 5.11 Å². The molecule has 0 amide bonds. The molecule has 1 aromatic rings. The first-order valence-corrected chi connectivity index (χ1v) is 3.65. The second-order valence-electron chi connectivity index (χ2n) is 2.51. The summed E-state index contributed by atoms with van der Waals surface area (Å²) in [4.78, 5) is 0. The van der Waals surface area contributed by atoms with Gasteiger partial charge in [-0.05, 0) is 18.1 Å². The van der Waals surface area contributed by atoms with Crippen molar-refractivity contribution in [3.63, 3.8) is 0 Å². The zero-order valence-electron chi connectivity index (χ0n) is 6.62. The van der Waals surface area contributed by atoms with Gasteiger partial charge in [0.1, 0.15) is 0 Å². The van der Waals surface area contributed by atoms with Crippen molar-refractivity contribution >= 4 is 6.08 Å². The molecule has 1 rings (SSSR count). The Morgan fingerprint density at radius 1 is 1.45 bits per heavy atom. The summed E-state index contributed by atoms with van der Waals surface area (Å²) in [7, 11) is 0. The van der Waals surface area contributed by atoms with E-state index in [1.54, 1.807) is 13.0 Å². The van der Waals surface area contributed by atoms with E-state index in [0.29, 0.717) is 0 Å². The highest BCUT2D eigenvalue weighted by atomic mass is 16.3. The van der Waals surface area contributed by atoms with Crippen molar-refractivity contribution in [3.8, 4) is 0 Å². The first-order chi connectivity index (χ1) is 5.25. The molecular formula is C10H12O. The van der Waals surface area contributed by atoms with E-state index in [1.807, 2.05) is 24.3 Å². The van der Waals surface area contributed by atoms with Crippen LogP contribution < -0.4 is 0 Å². The Bertz CT molecular complexity index is 251. The van der Waals surface area contributed by atoms with E-state index in [-0.39, 0.29) is 0 Å². The van der Waals surface area contributed by atoms with E-state index < -0.39 is 6.10 Å². The molecule has 0 unspecified atom stereocenters. The van der Waals surface area contributed by atoms with Crippen molar-refractivity contribution in [2.75, 3.05) is 0 Å². The van der Waals surface area contributed by atoms with Crippen molar-refractivity contribution in [3.05, 3.63) is 42.0 Å². The lowest BCUT2D eigenvalue weighted by Crippen LogP contribution is -1.93. The molecule has 1 heteroatoms. The Kier molecular flexibility index (Phi) is 2.44. The lowest BCUT2D eigenvalue weighted by molar-refractivity contribution is 0.199. The van der Waals surface area contributed by atoms with E-state index >= 15 is 0 Å². The van der Waals surface area contributed by atoms with Crippen molar-refractivity contribution < 1.29 is 5.11 Å². The molecule has 0 fully saturated rings. The van der Waals surface area contributed by atoms with E-state index in [1.165, 1.54) is 0 Å². The topological polar surface area (TPSA) is 20.2 Å². The summed E-state index contributed by atoms with van der Waals surface area (Å²) in [5.74, 6) is 0. The van der Waals surface area contributed by atoms with Crippen molar-refractivity contribution in [2.24, 2.45) is 0 Å². The van der Waals surface area contributed by atoms with Crippen molar-refractivity contribution in [1.29, 1.82) is 0 Å². The molecule has 0 radical (unpaired) electrons. The molecule has 1 atom stereocenters. The maximum absolute atomic E-state index is 9.29. The van der Waals surface area contributed by atoms with E-state index in [2.05, 4.69) is 6.58 Å². The molecular weight excluding hydrogens is 136 g/mol. The lowest BCUT2D eigenvalue weighted by Gasteiger charge is -2.07. The summed E-state index contributed by atoms with van der Waals surface area (Å²) in [5.41, 5.74) is 1.94. The highest BCUT2D eigenvalue weighted by molar-refractivity contribution is 5.52. The van der Waals surface area contributed by atoms with E-state index in [4.69, 9.17) is 0 Å². The first kappa shape index (κ1) is 8.02. The highest BCUT2D eigenvalue weighted by Crippen LogP contribution is 2.17. The zero-order valence-corrected chi connectivity index (χ0v) is 6.62. The van der Waals surface area contributed by atoms with Crippen LogP contribution in [0.25, 0.3) is 6.08 Å². The number of rotatable bonds is 2. The first-order valence-electron chi connectivity index (χ1n) is 3.65. The van der Waals surface area contributed by atoms with Gasteiger partial charge in [-0.3, -0.25) is 0 Å². The Morgan fingerprint density at radius 2 is 2.09 bits per heavy atom. The summed E-state index contributed by atoms with van der Waals surface area (Å²) in [5, 5.41) is 9.29. The summed E-state index contributed by atoms with van der Waals surface area (Å²) >= 11 is 0. The Morgan fingerprint density at radius 3 is 2.55 bits per heavy atom. The summed E-state index contributed by atoms with van der Waals surface area (Å²) in [6.45, 7) is 5.42. The van der Waals surface area contributed by atoms with Gasteiger partial charge in [-0.2, -0.15) is 0 Å². The van der Waals surface area contributed by atoms with Crippen LogP contribution in [0.5, 0.6) is 0 Å². The predicted octanol–water partition coefficient (Wildman–Crippen LogP) is 2.38. The molecule has 0 aliphatic heterocycles. The van der Waals surface area contributed by atoms with Crippen LogP contribution in [0.4, 0.5) is 0 Å². The number of aliphatic hydroxyl groups is 1. The maximum Gasteiger partial charge on any atom is 0.0767 e. The van der Waals surface area contributed by atoms with E-state index in [0.717, 1.165) is 11.1 Å². The fourth-order valence-corrected chi connectivity index (χ4v) is 1.08. The van der Waals surface area contributed by atoms with E-state index in [9.17, 15) is 5.11 Å². The maximum atomic E-state index is 9.29. The molecule has 0 aliphatic rings. The van der Waals surface area contributed by atoms with Crippen molar-refractivity contribution in [2.45, 2.75) is 13.0 Å². The minimum Gasteiger partial charge on any atom is -0.389 e. The van der Waals surface area contributed by atoms with Gasteiger partial charge in [0.2, 0.25) is 0 Å². The molecule has 0 saturated heterocycles. The third-order valence-corrected chi connectivity index (χ3v) is 1.67. The van der Waals surface area contributed by atoms with Crippen LogP contribution in [0, 0.1) is 0 Å². The van der Waals surface area contributed by atoms with Crippen LogP contribution in [0.2, 0.25) is 0 Å². The Labute approximate surface area is 67.0 Å². The van der Waals surface area contributed by atoms with Crippen LogP contribution in [0.3, 0.4) is 0 Å². The van der Waals surface area contributed by atoms with Crippen LogP contribution >= 0.6 is 0 Å². The second kappa shape index (κ2) is 3.35. The molecule has 1 N–H and O–H groups in total. The molecule has 58 valence electrons. The summed E-state index contributed by atoms with van der Waals surface area (Å²) in [6, 6.07) is 7.69. The SMILES string of the molecule is C=Cc1ccccc1[C@@H](C)O. The fraction of sp³-hybridized carbons (Fsp3) is 0.200. The Balaban J connectivity index is 3.12. The van der Waals surface area contributed by atoms with Gasteiger partial charge in [0, 0.05) is 0 Å². The average molecular weight is 148 g/mol. The molecule has 0 heterocycles. The van der Waals surface area contributed by atoms with Gasteiger partial charge in [0.05, 0.1) is 6.10 Å². The van der Waals surface area contributed by atoms with Gasteiger partial charge < -0.3 is 5.11 Å². The third-order valence-electron chi connectivity index (χ3n) is 1.67. The minimum absolute atomic E-state index is 0.413. The zero-order chi connectivity index (χ0) is 8.27. The van der Waals surface area contributed by atoms with Gasteiger partial charge >= 0.3 is 0 Å². The molecule has 0 aromatic heterocycles. The number of hydrogen-bond acceptors (Lipinski definition) is 1. The Hall–Kier alpha value is -1.08. The van der Waals surface area contributed by atoms with Crippen LogP contribution in [-0.2, 0) is 0 Å². The van der Waals surface area contributed by atoms with Gasteiger partial charge in [-0.25, -0.2) is 0 Å².